The zero-order valence-electron chi connectivity index (χ0n) is 13.7. The molecular formula is C16H20ClF3N2O2. The summed E-state index contributed by atoms with van der Waals surface area (Å²) in [6, 6.07) is 2.79. The molecular weight excluding hydrogens is 345 g/mol. The lowest BCUT2D eigenvalue weighted by Crippen LogP contribution is -2.38. The van der Waals surface area contributed by atoms with Gasteiger partial charge in [0.1, 0.15) is 0 Å². The zero-order chi connectivity index (χ0) is 18.5. The maximum absolute atomic E-state index is 12.8. The van der Waals surface area contributed by atoms with Crippen LogP contribution < -0.4 is 10.2 Å². The van der Waals surface area contributed by atoms with Crippen molar-refractivity contribution in [3.05, 3.63) is 28.8 Å². The lowest BCUT2D eigenvalue weighted by molar-refractivity contribution is -0.137. The molecule has 4 nitrogen and oxygen atoms in total. The number of anilines is 1. The van der Waals surface area contributed by atoms with Crippen molar-refractivity contribution in [2.24, 2.45) is 5.92 Å². The minimum Gasteiger partial charge on any atom is -0.354 e. The number of hydrogen-bond donors (Lipinski definition) is 1. The molecule has 0 saturated carbocycles. The standard InChI is InChI=1S/C16H20ClF3N2O2/c1-10(2)8-15(24)21-6-7-22(11(3)23)14-9-12(16(18,19)20)4-5-13(14)17/h4-5,9-10H,6-8H2,1-3H3,(H,21,24). The first kappa shape index (κ1) is 20.3. The van der Waals surface area contributed by atoms with Gasteiger partial charge in [-0.3, -0.25) is 9.59 Å². The van der Waals surface area contributed by atoms with Crippen LogP contribution in [0.25, 0.3) is 0 Å². The fraction of sp³-hybridized carbons (Fsp3) is 0.500. The van der Waals surface area contributed by atoms with E-state index >= 15 is 0 Å². The molecule has 0 fully saturated rings. The molecule has 0 aliphatic rings. The van der Waals surface area contributed by atoms with Crippen LogP contribution in [0.4, 0.5) is 18.9 Å². The minimum atomic E-state index is -4.53. The first-order valence-electron chi connectivity index (χ1n) is 7.44. The van der Waals surface area contributed by atoms with Gasteiger partial charge in [-0.15, -0.1) is 0 Å². The summed E-state index contributed by atoms with van der Waals surface area (Å²) in [7, 11) is 0. The van der Waals surface area contributed by atoms with E-state index in [1.807, 2.05) is 13.8 Å². The van der Waals surface area contributed by atoms with Gasteiger partial charge in [0.25, 0.3) is 0 Å². The van der Waals surface area contributed by atoms with Gasteiger partial charge in [-0.05, 0) is 24.1 Å². The van der Waals surface area contributed by atoms with E-state index in [1.165, 1.54) is 6.92 Å². The van der Waals surface area contributed by atoms with Crippen molar-refractivity contribution in [2.75, 3.05) is 18.0 Å². The normalized spacial score (nSPS) is 11.5. The summed E-state index contributed by atoms with van der Waals surface area (Å²) in [6.07, 6.45) is -4.20. The molecule has 0 aliphatic heterocycles. The SMILES string of the molecule is CC(=O)N(CCNC(=O)CC(C)C)c1cc(C(F)(F)F)ccc1Cl. The summed E-state index contributed by atoms with van der Waals surface area (Å²) in [6.45, 7) is 5.16. The van der Waals surface area contributed by atoms with E-state index in [4.69, 9.17) is 11.6 Å². The van der Waals surface area contributed by atoms with Crippen molar-refractivity contribution in [3.63, 3.8) is 0 Å². The molecule has 0 aromatic heterocycles. The summed E-state index contributed by atoms with van der Waals surface area (Å²) in [4.78, 5) is 24.5. The number of rotatable bonds is 6. The Morgan fingerprint density at radius 2 is 1.92 bits per heavy atom. The van der Waals surface area contributed by atoms with E-state index in [1.54, 1.807) is 0 Å². The molecule has 1 rings (SSSR count). The lowest BCUT2D eigenvalue weighted by atomic mass is 10.1. The summed E-state index contributed by atoms with van der Waals surface area (Å²) in [5, 5.41) is 2.67. The number of nitrogens with one attached hydrogen (secondary N) is 1. The summed E-state index contributed by atoms with van der Waals surface area (Å²) >= 11 is 5.95. The molecule has 2 amide bonds. The van der Waals surface area contributed by atoms with Crippen LogP contribution in [-0.4, -0.2) is 24.9 Å². The maximum atomic E-state index is 12.8. The van der Waals surface area contributed by atoms with Crippen molar-refractivity contribution in [1.29, 1.82) is 0 Å². The first-order valence-corrected chi connectivity index (χ1v) is 7.81. The Kier molecular flexibility index (Phi) is 7.08. The van der Waals surface area contributed by atoms with E-state index in [9.17, 15) is 22.8 Å². The molecule has 0 radical (unpaired) electrons. The van der Waals surface area contributed by atoms with Gasteiger partial charge in [0.15, 0.2) is 0 Å². The average Bonchev–Trinajstić information content (AvgIpc) is 2.42. The smallest absolute Gasteiger partial charge is 0.354 e. The van der Waals surface area contributed by atoms with Crippen molar-refractivity contribution >= 4 is 29.1 Å². The third-order valence-corrected chi connectivity index (χ3v) is 3.52. The summed E-state index contributed by atoms with van der Waals surface area (Å²) in [5.41, 5.74) is -0.922. The maximum Gasteiger partial charge on any atom is 0.416 e. The highest BCUT2D eigenvalue weighted by Crippen LogP contribution is 2.35. The molecule has 0 unspecified atom stereocenters. The van der Waals surface area contributed by atoms with Crippen molar-refractivity contribution in [3.8, 4) is 0 Å². The van der Waals surface area contributed by atoms with Crippen LogP contribution in [0.3, 0.4) is 0 Å². The predicted octanol–water partition coefficient (Wildman–Crippen LogP) is 3.87. The Morgan fingerprint density at radius 3 is 2.42 bits per heavy atom. The van der Waals surface area contributed by atoms with Crippen molar-refractivity contribution in [1.82, 2.24) is 5.32 Å². The molecule has 1 aromatic rings. The third-order valence-electron chi connectivity index (χ3n) is 3.20. The number of hydrogen-bond acceptors (Lipinski definition) is 2. The van der Waals surface area contributed by atoms with E-state index in [-0.39, 0.29) is 35.6 Å². The molecule has 0 saturated heterocycles. The van der Waals surface area contributed by atoms with E-state index in [0.29, 0.717) is 6.42 Å². The highest BCUT2D eigenvalue weighted by Gasteiger charge is 2.31. The summed E-state index contributed by atoms with van der Waals surface area (Å²) in [5.74, 6) is -0.454. The Bertz CT molecular complexity index is 603. The van der Waals surface area contributed by atoms with Gasteiger partial charge in [-0.2, -0.15) is 13.2 Å². The number of benzene rings is 1. The molecule has 0 atom stereocenters. The zero-order valence-corrected chi connectivity index (χ0v) is 14.5. The van der Waals surface area contributed by atoms with Gasteiger partial charge in [-0.25, -0.2) is 0 Å². The molecule has 24 heavy (non-hydrogen) atoms. The molecule has 0 spiro atoms. The second-order valence-electron chi connectivity index (χ2n) is 5.78. The topological polar surface area (TPSA) is 49.4 Å². The van der Waals surface area contributed by atoms with E-state index in [2.05, 4.69) is 5.32 Å². The molecule has 8 heteroatoms. The fourth-order valence-electron chi connectivity index (χ4n) is 2.09. The van der Waals surface area contributed by atoms with Gasteiger partial charge in [-0.1, -0.05) is 25.4 Å². The molecule has 134 valence electrons. The largest absolute Gasteiger partial charge is 0.416 e. The van der Waals surface area contributed by atoms with Gasteiger partial charge in [0.2, 0.25) is 11.8 Å². The van der Waals surface area contributed by atoms with Gasteiger partial charge in [0.05, 0.1) is 16.3 Å². The molecule has 0 heterocycles. The monoisotopic (exact) mass is 364 g/mol. The van der Waals surface area contributed by atoms with Crippen LogP contribution in [0.5, 0.6) is 0 Å². The minimum absolute atomic E-state index is 0.0280. The van der Waals surface area contributed by atoms with Crippen LogP contribution in [0.15, 0.2) is 18.2 Å². The van der Waals surface area contributed by atoms with Crippen LogP contribution in [-0.2, 0) is 15.8 Å². The third kappa shape index (κ3) is 6.03. The number of halogens is 4. The van der Waals surface area contributed by atoms with Gasteiger partial charge in [0, 0.05) is 26.4 Å². The average molecular weight is 365 g/mol. The fourth-order valence-corrected chi connectivity index (χ4v) is 2.31. The highest BCUT2D eigenvalue weighted by atomic mass is 35.5. The molecule has 0 bridgehead atoms. The molecule has 1 N–H and O–H groups in total. The number of amides is 2. The van der Waals surface area contributed by atoms with Crippen LogP contribution in [0.1, 0.15) is 32.8 Å². The quantitative estimate of drug-likeness (QED) is 0.833. The Balaban J connectivity index is 2.89. The second-order valence-corrected chi connectivity index (χ2v) is 6.19. The van der Waals surface area contributed by atoms with Crippen LogP contribution in [0, 0.1) is 5.92 Å². The van der Waals surface area contributed by atoms with Crippen molar-refractivity contribution < 1.29 is 22.8 Å². The van der Waals surface area contributed by atoms with Crippen LogP contribution >= 0.6 is 11.6 Å². The van der Waals surface area contributed by atoms with Gasteiger partial charge < -0.3 is 10.2 Å². The molecule has 0 aliphatic carbocycles. The summed E-state index contributed by atoms with van der Waals surface area (Å²) < 4.78 is 38.5. The van der Waals surface area contributed by atoms with E-state index in [0.717, 1.165) is 23.1 Å². The van der Waals surface area contributed by atoms with Gasteiger partial charge >= 0.3 is 6.18 Å². The molecule has 1 aromatic carbocycles. The lowest BCUT2D eigenvalue weighted by Gasteiger charge is -2.23. The van der Waals surface area contributed by atoms with Crippen molar-refractivity contribution in [2.45, 2.75) is 33.4 Å². The Morgan fingerprint density at radius 1 is 1.29 bits per heavy atom. The van der Waals surface area contributed by atoms with E-state index < -0.39 is 17.6 Å². The number of alkyl halides is 3. The number of carbonyl (C=O) groups is 2. The predicted molar refractivity (Wildman–Crippen MR) is 86.9 cm³/mol. The Labute approximate surface area is 144 Å². The Hall–Kier alpha value is -1.76. The number of nitrogens with zero attached hydrogens (tertiary/aromatic N) is 1. The second kappa shape index (κ2) is 8.37. The highest BCUT2D eigenvalue weighted by molar-refractivity contribution is 6.33. The van der Waals surface area contributed by atoms with Crippen LogP contribution in [0.2, 0.25) is 5.02 Å². The number of carbonyl (C=O) groups excluding carboxylic acids is 2. The first-order chi connectivity index (χ1) is 11.0.